The van der Waals surface area contributed by atoms with Crippen LogP contribution in [0.3, 0.4) is 0 Å². The van der Waals surface area contributed by atoms with E-state index in [2.05, 4.69) is 17.4 Å². The lowest BCUT2D eigenvalue weighted by atomic mass is 9.89. The van der Waals surface area contributed by atoms with Gasteiger partial charge in [0.05, 0.1) is 16.5 Å². The molecule has 2 aliphatic rings. The summed E-state index contributed by atoms with van der Waals surface area (Å²) in [7, 11) is -3.71. The summed E-state index contributed by atoms with van der Waals surface area (Å²) in [6, 6.07) is 10.1. The third kappa shape index (κ3) is 5.26. The van der Waals surface area contributed by atoms with Crippen LogP contribution in [0.2, 0.25) is 0 Å². The third-order valence-corrected chi connectivity index (χ3v) is 8.42. The molecule has 9 heteroatoms. The highest BCUT2D eigenvalue weighted by Gasteiger charge is 2.28. The van der Waals surface area contributed by atoms with Gasteiger partial charge in [-0.05, 0) is 80.3 Å². The molecule has 1 aliphatic heterocycles. The first-order valence-electron chi connectivity index (χ1n) is 11.7. The number of benzene rings is 2. The molecule has 34 heavy (non-hydrogen) atoms. The molecule has 1 aliphatic carbocycles. The molecule has 0 spiro atoms. The second-order valence-electron chi connectivity index (χ2n) is 8.95. The van der Waals surface area contributed by atoms with Gasteiger partial charge in [0.25, 0.3) is 11.8 Å². The van der Waals surface area contributed by atoms with E-state index in [9.17, 15) is 18.0 Å². The fourth-order valence-electron chi connectivity index (χ4n) is 4.60. The first kappa shape index (κ1) is 24.2. The highest BCUT2D eigenvalue weighted by molar-refractivity contribution is 7.89. The monoisotopic (exact) mass is 485 g/mol. The Balaban J connectivity index is 1.41. The van der Waals surface area contributed by atoms with E-state index in [1.54, 1.807) is 0 Å². The van der Waals surface area contributed by atoms with Crippen LogP contribution in [0.25, 0.3) is 0 Å². The lowest BCUT2D eigenvalue weighted by molar-refractivity contribution is -0.123. The standard InChI is InChI=1S/C25H31N3O5S/c1-17(19-9-8-18-6-2-3-7-20(18)14-19)27-24(29)16-33-23-11-10-21(15-22(23)25(26)30)34(31,32)28-12-4-5-13-28/h8-11,14-15,17H,2-7,12-13,16H2,1H3,(H2,26,30)(H,27,29)/t17-/m1/s1. The van der Waals surface area contributed by atoms with Crippen molar-refractivity contribution in [2.24, 2.45) is 5.73 Å². The number of fused-ring (bicyclic) bond motifs is 1. The predicted octanol–water partition coefficient (Wildman–Crippen LogP) is 2.71. The van der Waals surface area contributed by atoms with E-state index >= 15 is 0 Å². The van der Waals surface area contributed by atoms with Gasteiger partial charge >= 0.3 is 0 Å². The highest BCUT2D eigenvalue weighted by Crippen LogP contribution is 2.27. The summed E-state index contributed by atoms with van der Waals surface area (Å²) in [6.45, 7) is 2.49. The topological polar surface area (TPSA) is 119 Å². The van der Waals surface area contributed by atoms with Crippen molar-refractivity contribution in [1.29, 1.82) is 0 Å². The molecular formula is C25H31N3O5S. The number of nitrogens with zero attached hydrogens (tertiary/aromatic N) is 1. The van der Waals surface area contributed by atoms with Gasteiger partial charge in [0.1, 0.15) is 5.75 Å². The van der Waals surface area contributed by atoms with Crippen LogP contribution in [0.4, 0.5) is 0 Å². The molecule has 2 amide bonds. The number of carbonyl (C=O) groups is 2. The smallest absolute Gasteiger partial charge is 0.258 e. The van der Waals surface area contributed by atoms with Crippen molar-refractivity contribution in [2.75, 3.05) is 19.7 Å². The number of nitrogens with one attached hydrogen (secondary N) is 1. The minimum atomic E-state index is -3.71. The Morgan fingerprint density at radius 1 is 1.03 bits per heavy atom. The number of carbonyl (C=O) groups excluding carboxylic acids is 2. The third-order valence-electron chi connectivity index (χ3n) is 6.53. The Morgan fingerprint density at radius 2 is 1.74 bits per heavy atom. The maximum Gasteiger partial charge on any atom is 0.258 e. The maximum absolute atomic E-state index is 12.8. The predicted molar refractivity (Wildman–Crippen MR) is 128 cm³/mol. The Bertz CT molecular complexity index is 1190. The lowest BCUT2D eigenvalue weighted by Gasteiger charge is -2.20. The van der Waals surface area contributed by atoms with Gasteiger partial charge in [-0.1, -0.05) is 18.2 Å². The molecule has 1 saturated heterocycles. The summed E-state index contributed by atoms with van der Waals surface area (Å²) >= 11 is 0. The van der Waals surface area contributed by atoms with E-state index < -0.39 is 15.9 Å². The van der Waals surface area contributed by atoms with Crippen LogP contribution < -0.4 is 15.8 Å². The van der Waals surface area contributed by atoms with Crippen molar-refractivity contribution in [3.8, 4) is 5.75 Å². The molecule has 1 atom stereocenters. The average Bonchev–Trinajstić information content (AvgIpc) is 3.38. The number of hydrogen-bond donors (Lipinski definition) is 2. The van der Waals surface area contributed by atoms with E-state index in [0.717, 1.165) is 31.2 Å². The van der Waals surface area contributed by atoms with Gasteiger partial charge in [-0.2, -0.15) is 4.31 Å². The van der Waals surface area contributed by atoms with Crippen LogP contribution >= 0.6 is 0 Å². The van der Waals surface area contributed by atoms with Crippen LogP contribution in [-0.2, 0) is 27.7 Å². The van der Waals surface area contributed by atoms with Crippen molar-refractivity contribution >= 4 is 21.8 Å². The fraction of sp³-hybridized carbons (Fsp3) is 0.440. The zero-order valence-electron chi connectivity index (χ0n) is 19.4. The quantitative estimate of drug-likeness (QED) is 0.596. The Kier molecular flexibility index (Phi) is 7.23. The van der Waals surface area contributed by atoms with Crippen LogP contribution in [-0.4, -0.2) is 44.2 Å². The Labute approximate surface area is 200 Å². The molecule has 0 bridgehead atoms. The van der Waals surface area contributed by atoms with Crippen molar-refractivity contribution in [3.63, 3.8) is 0 Å². The normalized spacial score (nSPS) is 17.1. The molecular weight excluding hydrogens is 454 g/mol. The molecule has 0 saturated carbocycles. The van der Waals surface area contributed by atoms with Gasteiger partial charge in [-0.15, -0.1) is 0 Å². The Morgan fingerprint density at radius 3 is 2.44 bits per heavy atom. The van der Waals surface area contributed by atoms with Crippen molar-refractivity contribution < 1.29 is 22.7 Å². The zero-order chi connectivity index (χ0) is 24.3. The zero-order valence-corrected chi connectivity index (χ0v) is 20.2. The molecule has 0 unspecified atom stereocenters. The van der Waals surface area contributed by atoms with Crippen LogP contribution in [0.15, 0.2) is 41.3 Å². The summed E-state index contributed by atoms with van der Waals surface area (Å²) in [5, 5.41) is 2.91. The summed E-state index contributed by atoms with van der Waals surface area (Å²) in [6.07, 6.45) is 6.18. The van der Waals surface area contributed by atoms with Gasteiger partial charge in [0.2, 0.25) is 10.0 Å². The van der Waals surface area contributed by atoms with Crippen molar-refractivity contribution in [3.05, 3.63) is 58.7 Å². The molecule has 182 valence electrons. The van der Waals surface area contributed by atoms with E-state index in [0.29, 0.717) is 13.1 Å². The molecule has 1 fully saturated rings. The van der Waals surface area contributed by atoms with Gasteiger partial charge in [0, 0.05) is 13.1 Å². The maximum atomic E-state index is 12.8. The molecule has 2 aromatic rings. The van der Waals surface area contributed by atoms with Crippen molar-refractivity contribution in [1.82, 2.24) is 9.62 Å². The number of nitrogens with two attached hydrogens (primary N) is 1. The Hall–Kier alpha value is -2.91. The highest BCUT2D eigenvalue weighted by atomic mass is 32.2. The summed E-state index contributed by atoms with van der Waals surface area (Å²) in [5.74, 6) is -1.10. The molecule has 1 heterocycles. The van der Waals surface area contributed by atoms with E-state index in [1.807, 2.05) is 13.0 Å². The van der Waals surface area contributed by atoms with Crippen molar-refractivity contribution in [2.45, 2.75) is 56.4 Å². The SMILES string of the molecule is C[C@@H](NC(=O)COc1ccc(S(=O)(=O)N2CCCC2)cc1C(N)=O)c1ccc2c(c1)CCCC2. The number of hydrogen-bond acceptors (Lipinski definition) is 5. The second-order valence-corrected chi connectivity index (χ2v) is 10.9. The minimum Gasteiger partial charge on any atom is -0.483 e. The first-order valence-corrected chi connectivity index (χ1v) is 13.2. The number of primary amides is 1. The van der Waals surface area contributed by atoms with Gasteiger partial charge in [-0.3, -0.25) is 9.59 Å². The van der Waals surface area contributed by atoms with Gasteiger partial charge < -0.3 is 15.8 Å². The molecule has 8 nitrogen and oxygen atoms in total. The number of sulfonamides is 1. The average molecular weight is 486 g/mol. The number of ether oxygens (including phenoxy) is 1. The number of aryl methyl sites for hydroxylation is 2. The lowest BCUT2D eigenvalue weighted by Crippen LogP contribution is -2.32. The summed E-state index contributed by atoms with van der Waals surface area (Å²) in [5.41, 5.74) is 9.15. The van der Waals surface area contributed by atoms with E-state index in [-0.39, 0.29) is 34.8 Å². The molecule has 4 rings (SSSR count). The minimum absolute atomic E-state index is 0.0129. The summed E-state index contributed by atoms with van der Waals surface area (Å²) in [4.78, 5) is 24.5. The molecule has 0 radical (unpaired) electrons. The van der Waals surface area contributed by atoms with Crippen LogP contribution in [0.1, 0.15) is 65.7 Å². The molecule has 3 N–H and O–H groups in total. The summed E-state index contributed by atoms with van der Waals surface area (Å²) < 4.78 is 32.6. The first-order chi connectivity index (χ1) is 16.3. The largest absolute Gasteiger partial charge is 0.483 e. The van der Waals surface area contributed by atoms with Crippen LogP contribution in [0, 0.1) is 0 Å². The van der Waals surface area contributed by atoms with E-state index in [4.69, 9.17) is 10.5 Å². The fourth-order valence-corrected chi connectivity index (χ4v) is 6.14. The van der Waals surface area contributed by atoms with Gasteiger partial charge in [-0.25, -0.2) is 8.42 Å². The molecule has 0 aromatic heterocycles. The van der Waals surface area contributed by atoms with Gasteiger partial charge in [0.15, 0.2) is 6.61 Å². The number of amides is 2. The number of rotatable bonds is 8. The van der Waals surface area contributed by atoms with Crippen LogP contribution in [0.5, 0.6) is 5.75 Å². The molecule has 2 aromatic carbocycles. The van der Waals surface area contributed by atoms with E-state index in [1.165, 1.54) is 46.5 Å². The second kappa shape index (κ2) is 10.1.